The Morgan fingerprint density at radius 2 is 1.89 bits per heavy atom. The van der Waals surface area contributed by atoms with Gasteiger partial charge in [-0.3, -0.25) is 4.98 Å². The predicted octanol–water partition coefficient (Wildman–Crippen LogP) is 4.04. The van der Waals surface area contributed by atoms with Gasteiger partial charge in [-0.1, -0.05) is 30.3 Å². The summed E-state index contributed by atoms with van der Waals surface area (Å²) in [5.74, 6) is 0.581. The molecule has 0 atom stereocenters. The van der Waals surface area contributed by atoms with Crippen molar-refractivity contribution in [2.45, 2.75) is 5.75 Å². The van der Waals surface area contributed by atoms with Crippen LogP contribution in [0.1, 0.15) is 5.56 Å². The first-order valence-corrected chi connectivity index (χ1v) is 9.49. The largest absolute Gasteiger partial charge is 0.405 e. The first-order valence-electron chi connectivity index (χ1n) is 8.51. The smallest absolute Gasteiger partial charge is 0.141 e. The number of hydrogen-bond acceptors (Lipinski definition) is 6. The Morgan fingerprint density at radius 3 is 2.61 bits per heavy atom. The highest BCUT2D eigenvalue weighted by Crippen LogP contribution is 2.31. The van der Waals surface area contributed by atoms with Gasteiger partial charge in [0.2, 0.25) is 0 Å². The molecule has 3 rings (SSSR count). The van der Waals surface area contributed by atoms with Gasteiger partial charge in [0.15, 0.2) is 0 Å². The number of nitrogens with two attached hydrogens (primary N) is 3. The number of nitrogens with zero attached hydrogens (tertiary/aromatic N) is 2. The van der Waals surface area contributed by atoms with E-state index < -0.39 is 0 Å². The standard InChI is InChI=1S/C21H20FN5S/c22-18-10-14(7-8-17(18)19-11-27-20(24)12-26-19)16-5-2-1-4-15(16)13-28-21(25)6-3-9-23/h1-12H,13,23,25H2,(H2,24,27)/b9-3-,21-6+. The van der Waals surface area contributed by atoms with Gasteiger partial charge in [0.25, 0.3) is 0 Å². The lowest BCUT2D eigenvalue weighted by Crippen LogP contribution is -1.96. The summed E-state index contributed by atoms with van der Waals surface area (Å²) in [6.07, 6.45) is 7.73. The van der Waals surface area contributed by atoms with E-state index in [2.05, 4.69) is 9.97 Å². The summed E-state index contributed by atoms with van der Waals surface area (Å²) in [6, 6.07) is 12.9. The van der Waals surface area contributed by atoms with Crippen LogP contribution in [0.2, 0.25) is 0 Å². The van der Waals surface area contributed by atoms with Crippen LogP contribution in [0.25, 0.3) is 22.4 Å². The maximum atomic E-state index is 14.8. The molecule has 0 radical (unpaired) electrons. The minimum atomic E-state index is -0.369. The summed E-state index contributed by atoms with van der Waals surface area (Å²) in [6.45, 7) is 0. The zero-order valence-electron chi connectivity index (χ0n) is 15.0. The maximum absolute atomic E-state index is 14.8. The van der Waals surface area contributed by atoms with Crippen molar-refractivity contribution >= 4 is 17.6 Å². The van der Waals surface area contributed by atoms with Gasteiger partial charge in [-0.15, -0.1) is 11.8 Å². The van der Waals surface area contributed by atoms with Gasteiger partial charge in [0, 0.05) is 11.3 Å². The molecule has 6 N–H and O–H groups in total. The summed E-state index contributed by atoms with van der Waals surface area (Å²) in [4.78, 5) is 8.11. The van der Waals surface area contributed by atoms with Gasteiger partial charge >= 0.3 is 0 Å². The molecular formula is C21H20FN5S. The Morgan fingerprint density at radius 1 is 1.07 bits per heavy atom. The third-order valence-electron chi connectivity index (χ3n) is 4.01. The SMILES string of the molecule is N/C=C\C=C(/N)SCc1ccccc1-c1ccc(-c2cnc(N)cn2)c(F)c1. The van der Waals surface area contributed by atoms with Crippen molar-refractivity contribution in [3.05, 3.63) is 89.6 Å². The number of benzene rings is 2. The second-order valence-corrected chi connectivity index (χ2v) is 6.97. The van der Waals surface area contributed by atoms with Crippen molar-refractivity contribution in [3.8, 4) is 22.4 Å². The molecule has 0 unspecified atom stereocenters. The first kappa shape index (κ1) is 19.4. The molecule has 1 aromatic heterocycles. The molecule has 0 bridgehead atoms. The minimum absolute atomic E-state index is 0.294. The first-order chi connectivity index (χ1) is 13.6. The fraction of sp³-hybridized carbons (Fsp3) is 0.0476. The lowest BCUT2D eigenvalue weighted by Gasteiger charge is -2.11. The van der Waals surface area contributed by atoms with Crippen LogP contribution >= 0.6 is 11.8 Å². The number of rotatable bonds is 6. The topological polar surface area (TPSA) is 104 Å². The van der Waals surface area contributed by atoms with Crippen molar-refractivity contribution in [2.24, 2.45) is 11.5 Å². The molecule has 0 saturated heterocycles. The second kappa shape index (κ2) is 9.05. The Bertz CT molecular complexity index is 1020. The lowest BCUT2D eigenvalue weighted by atomic mass is 9.98. The second-order valence-electron chi connectivity index (χ2n) is 5.92. The normalized spacial score (nSPS) is 11.8. The van der Waals surface area contributed by atoms with Crippen LogP contribution in [0.15, 0.2) is 78.2 Å². The van der Waals surface area contributed by atoms with Gasteiger partial charge in [0.1, 0.15) is 11.6 Å². The molecule has 5 nitrogen and oxygen atoms in total. The quantitative estimate of drug-likeness (QED) is 0.546. The molecule has 0 fully saturated rings. The van der Waals surface area contributed by atoms with Crippen LogP contribution in [0.4, 0.5) is 10.2 Å². The average molecular weight is 393 g/mol. The molecule has 7 heteroatoms. The number of anilines is 1. The highest BCUT2D eigenvalue weighted by molar-refractivity contribution is 8.02. The van der Waals surface area contributed by atoms with E-state index >= 15 is 0 Å². The summed E-state index contributed by atoms with van der Waals surface area (Å²) < 4.78 is 14.8. The van der Waals surface area contributed by atoms with Crippen LogP contribution in [-0.4, -0.2) is 9.97 Å². The molecule has 0 aliphatic heterocycles. The van der Waals surface area contributed by atoms with Crippen molar-refractivity contribution in [1.82, 2.24) is 9.97 Å². The molecule has 2 aromatic carbocycles. The van der Waals surface area contributed by atoms with E-state index in [1.807, 2.05) is 30.3 Å². The third kappa shape index (κ3) is 4.69. The number of hydrogen-bond donors (Lipinski definition) is 3. The molecule has 3 aromatic rings. The number of aromatic nitrogens is 2. The van der Waals surface area contributed by atoms with Crippen LogP contribution < -0.4 is 17.2 Å². The van der Waals surface area contributed by atoms with Crippen molar-refractivity contribution in [2.75, 3.05) is 5.73 Å². The van der Waals surface area contributed by atoms with Gasteiger partial charge in [-0.2, -0.15) is 0 Å². The molecular weight excluding hydrogens is 373 g/mol. The molecule has 0 saturated carbocycles. The van der Waals surface area contributed by atoms with Gasteiger partial charge < -0.3 is 17.2 Å². The number of thioether (sulfide) groups is 1. The molecule has 0 aliphatic carbocycles. The number of halogens is 1. The van der Waals surface area contributed by atoms with Crippen molar-refractivity contribution in [3.63, 3.8) is 0 Å². The number of nitrogen functional groups attached to an aromatic ring is 1. The van der Waals surface area contributed by atoms with E-state index in [-0.39, 0.29) is 5.82 Å². The Kier molecular flexibility index (Phi) is 6.29. The molecule has 1 heterocycles. The summed E-state index contributed by atoms with van der Waals surface area (Å²) in [7, 11) is 0. The van der Waals surface area contributed by atoms with E-state index in [1.165, 1.54) is 36.4 Å². The third-order valence-corrected chi connectivity index (χ3v) is 4.94. The lowest BCUT2D eigenvalue weighted by molar-refractivity contribution is 0.631. The zero-order chi connectivity index (χ0) is 19.9. The van der Waals surface area contributed by atoms with Gasteiger partial charge in [0.05, 0.1) is 23.1 Å². The summed E-state index contributed by atoms with van der Waals surface area (Å²) in [5.41, 5.74) is 20.4. The van der Waals surface area contributed by atoms with Gasteiger partial charge in [-0.25, -0.2) is 9.37 Å². The van der Waals surface area contributed by atoms with Crippen LogP contribution in [0, 0.1) is 5.82 Å². The fourth-order valence-corrected chi connectivity index (χ4v) is 3.40. The molecule has 0 aliphatic rings. The van der Waals surface area contributed by atoms with Gasteiger partial charge in [-0.05, 0) is 47.2 Å². The van der Waals surface area contributed by atoms with Crippen molar-refractivity contribution < 1.29 is 4.39 Å². The average Bonchev–Trinajstić information content (AvgIpc) is 2.71. The fourth-order valence-electron chi connectivity index (χ4n) is 2.65. The molecule has 0 amide bonds. The predicted molar refractivity (Wildman–Crippen MR) is 114 cm³/mol. The Labute approximate surface area is 167 Å². The summed E-state index contributed by atoms with van der Waals surface area (Å²) >= 11 is 1.49. The van der Waals surface area contributed by atoms with E-state index in [4.69, 9.17) is 17.2 Å². The molecule has 0 spiro atoms. The van der Waals surface area contributed by atoms with E-state index in [0.29, 0.717) is 27.9 Å². The van der Waals surface area contributed by atoms with Crippen LogP contribution in [-0.2, 0) is 5.75 Å². The number of allylic oxidation sites excluding steroid dienone is 2. The summed E-state index contributed by atoms with van der Waals surface area (Å²) in [5, 5.41) is 0.653. The van der Waals surface area contributed by atoms with Crippen molar-refractivity contribution in [1.29, 1.82) is 0 Å². The molecule has 142 valence electrons. The zero-order valence-corrected chi connectivity index (χ0v) is 15.9. The highest BCUT2D eigenvalue weighted by Gasteiger charge is 2.11. The van der Waals surface area contributed by atoms with Crippen LogP contribution in [0.3, 0.4) is 0 Å². The monoisotopic (exact) mass is 393 g/mol. The maximum Gasteiger partial charge on any atom is 0.141 e. The minimum Gasteiger partial charge on any atom is -0.405 e. The highest BCUT2D eigenvalue weighted by atomic mass is 32.2. The Hall–Kier alpha value is -3.32. The van der Waals surface area contributed by atoms with Crippen LogP contribution in [0.5, 0.6) is 0 Å². The van der Waals surface area contributed by atoms with E-state index in [9.17, 15) is 4.39 Å². The Balaban J connectivity index is 1.88. The molecule has 28 heavy (non-hydrogen) atoms. The van der Waals surface area contributed by atoms with E-state index in [0.717, 1.165) is 16.7 Å². The van der Waals surface area contributed by atoms with E-state index in [1.54, 1.807) is 18.2 Å².